The van der Waals surface area contributed by atoms with E-state index >= 15 is 0 Å². The van der Waals surface area contributed by atoms with Crippen molar-refractivity contribution in [1.82, 2.24) is 9.83 Å². The maximum absolute atomic E-state index is 11.1. The van der Waals surface area contributed by atoms with Crippen LogP contribution in [0.25, 0.3) is 5.52 Å². The first-order valence-corrected chi connectivity index (χ1v) is 3.89. The average molecular weight is 175 g/mol. The number of rotatable bonds is 1. The number of hydrogen-bond acceptors (Lipinski definition) is 2. The maximum atomic E-state index is 11.1. The number of hydrazine groups is 1. The lowest BCUT2D eigenvalue weighted by molar-refractivity contribution is 0.0954. The van der Waals surface area contributed by atoms with Gasteiger partial charge in [0.05, 0.1) is 5.56 Å². The number of aromatic nitrogens is 1. The third kappa shape index (κ3) is 1.27. The molecule has 0 aliphatic carbocycles. The highest BCUT2D eigenvalue weighted by Gasteiger charge is 2.05. The number of nitrogens with zero attached hydrogens (tertiary/aromatic N) is 1. The summed E-state index contributed by atoms with van der Waals surface area (Å²) in [6.07, 6.45) is 3.61. The monoisotopic (exact) mass is 175 g/mol. The summed E-state index contributed by atoms with van der Waals surface area (Å²) >= 11 is 0. The quantitative estimate of drug-likeness (QED) is 0.377. The summed E-state index contributed by atoms with van der Waals surface area (Å²) in [6, 6.07) is 7.52. The Morgan fingerprint density at radius 2 is 2.31 bits per heavy atom. The van der Waals surface area contributed by atoms with Gasteiger partial charge in [0.25, 0.3) is 5.91 Å². The molecule has 0 aliphatic rings. The van der Waals surface area contributed by atoms with Gasteiger partial charge in [0, 0.05) is 17.9 Å². The predicted molar refractivity (Wildman–Crippen MR) is 49.1 cm³/mol. The Kier molecular flexibility index (Phi) is 1.75. The molecule has 13 heavy (non-hydrogen) atoms. The zero-order valence-electron chi connectivity index (χ0n) is 6.90. The number of carbonyl (C=O) groups is 1. The Hall–Kier alpha value is -1.81. The standard InChI is InChI=1S/C9H9N3O/c10-11-9(13)7-5-8-3-1-2-4-12(8)6-7/h1-6H,10H2,(H,11,13). The van der Waals surface area contributed by atoms with Crippen molar-refractivity contribution in [3.63, 3.8) is 0 Å². The Labute approximate surface area is 74.9 Å². The fourth-order valence-electron chi connectivity index (χ4n) is 1.26. The van der Waals surface area contributed by atoms with Crippen LogP contribution in [0.1, 0.15) is 10.4 Å². The van der Waals surface area contributed by atoms with Gasteiger partial charge >= 0.3 is 0 Å². The van der Waals surface area contributed by atoms with Crippen LogP contribution in [0.2, 0.25) is 0 Å². The SMILES string of the molecule is NNC(=O)c1cc2ccccn2c1. The van der Waals surface area contributed by atoms with Crippen molar-refractivity contribution in [2.24, 2.45) is 5.84 Å². The molecule has 4 heteroatoms. The molecule has 2 aromatic rings. The summed E-state index contributed by atoms with van der Waals surface area (Å²) < 4.78 is 1.87. The van der Waals surface area contributed by atoms with E-state index in [1.54, 1.807) is 12.3 Å². The molecule has 0 saturated heterocycles. The topological polar surface area (TPSA) is 59.5 Å². The van der Waals surface area contributed by atoms with E-state index in [4.69, 9.17) is 5.84 Å². The number of hydrogen-bond donors (Lipinski definition) is 2. The zero-order valence-corrected chi connectivity index (χ0v) is 6.90. The maximum Gasteiger partial charge on any atom is 0.266 e. The van der Waals surface area contributed by atoms with E-state index in [9.17, 15) is 4.79 Å². The molecule has 0 aromatic carbocycles. The summed E-state index contributed by atoms with van der Waals surface area (Å²) in [5.74, 6) is 4.74. The molecule has 2 rings (SSSR count). The lowest BCUT2D eigenvalue weighted by Gasteiger charge is -1.91. The highest BCUT2D eigenvalue weighted by Crippen LogP contribution is 2.08. The zero-order chi connectivity index (χ0) is 9.26. The second-order valence-electron chi connectivity index (χ2n) is 2.74. The van der Waals surface area contributed by atoms with Gasteiger partial charge in [-0.3, -0.25) is 10.2 Å². The molecule has 2 aromatic heterocycles. The second kappa shape index (κ2) is 2.91. The Bertz CT molecular complexity index is 414. The molecule has 4 nitrogen and oxygen atoms in total. The van der Waals surface area contributed by atoms with Crippen LogP contribution in [0.15, 0.2) is 36.7 Å². The molecule has 0 fully saturated rings. The van der Waals surface area contributed by atoms with Gasteiger partial charge in [-0.1, -0.05) is 6.07 Å². The molecular weight excluding hydrogens is 166 g/mol. The number of nitrogens with two attached hydrogens (primary N) is 1. The minimum atomic E-state index is -0.274. The summed E-state index contributed by atoms with van der Waals surface area (Å²) in [6.45, 7) is 0. The molecular formula is C9H9N3O. The largest absolute Gasteiger partial charge is 0.323 e. The molecule has 3 N–H and O–H groups in total. The Morgan fingerprint density at radius 3 is 3.00 bits per heavy atom. The number of pyridine rings is 1. The lowest BCUT2D eigenvalue weighted by atomic mass is 10.3. The van der Waals surface area contributed by atoms with Gasteiger partial charge in [-0.05, 0) is 18.2 Å². The molecule has 0 saturated carbocycles. The van der Waals surface area contributed by atoms with Gasteiger partial charge in [0.1, 0.15) is 0 Å². The van der Waals surface area contributed by atoms with Gasteiger partial charge in [-0.2, -0.15) is 0 Å². The van der Waals surface area contributed by atoms with E-state index in [1.807, 2.05) is 28.8 Å². The minimum Gasteiger partial charge on any atom is -0.323 e. The first kappa shape index (κ1) is 7.82. The van der Waals surface area contributed by atoms with Gasteiger partial charge in [-0.15, -0.1) is 0 Å². The van der Waals surface area contributed by atoms with Crippen LogP contribution in [-0.4, -0.2) is 10.3 Å². The molecule has 66 valence electrons. The van der Waals surface area contributed by atoms with E-state index in [2.05, 4.69) is 5.43 Å². The molecule has 0 radical (unpaired) electrons. The molecule has 1 amide bonds. The summed E-state index contributed by atoms with van der Waals surface area (Å²) in [4.78, 5) is 11.1. The van der Waals surface area contributed by atoms with Crippen molar-refractivity contribution in [1.29, 1.82) is 0 Å². The van der Waals surface area contributed by atoms with Gasteiger partial charge in [-0.25, -0.2) is 5.84 Å². The normalized spacial score (nSPS) is 10.2. The molecule has 0 bridgehead atoms. The first-order chi connectivity index (χ1) is 6.31. The minimum absolute atomic E-state index is 0.274. The summed E-state index contributed by atoms with van der Waals surface area (Å²) in [5, 5.41) is 0. The van der Waals surface area contributed by atoms with E-state index in [1.165, 1.54) is 0 Å². The van der Waals surface area contributed by atoms with E-state index in [0.29, 0.717) is 5.56 Å². The van der Waals surface area contributed by atoms with Gasteiger partial charge in [0.15, 0.2) is 0 Å². The van der Waals surface area contributed by atoms with Crippen LogP contribution in [0, 0.1) is 0 Å². The molecule has 2 heterocycles. The second-order valence-corrected chi connectivity index (χ2v) is 2.74. The Morgan fingerprint density at radius 1 is 1.46 bits per heavy atom. The van der Waals surface area contributed by atoms with Crippen LogP contribution < -0.4 is 11.3 Å². The van der Waals surface area contributed by atoms with Gasteiger partial charge < -0.3 is 4.40 Å². The Balaban J connectivity index is 2.56. The third-order valence-electron chi connectivity index (χ3n) is 1.90. The van der Waals surface area contributed by atoms with Crippen LogP contribution in [-0.2, 0) is 0 Å². The summed E-state index contributed by atoms with van der Waals surface area (Å²) in [7, 11) is 0. The van der Waals surface area contributed by atoms with Gasteiger partial charge in [0.2, 0.25) is 0 Å². The van der Waals surface area contributed by atoms with Crippen LogP contribution >= 0.6 is 0 Å². The first-order valence-electron chi connectivity index (χ1n) is 3.89. The highest BCUT2D eigenvalue weighted by atomic mass is 16.2. The number of nitrogens with one attached hydrogen (secondary N) is 1. The van der Waals surface area contributed by atoms with Crippen molar-refractivity contribution in [3.8, 4) is 0 Å². The van der Waals surface area contributed by atoms with Crippen molar-refractivity contribution >= 4 is 11.4 Å². The lowest BCUT2D eigenvalue weighted by Crippen LogP contribution is -2.29. The highest BCUT2D eigenvalue weighted by molar-refractivity contribution is 5.95. The fraction of sp³-hybridized carbons (Fsp3) is 0. The molecule has 0 unspecified atom stereocenters. The predicted octanol–water partition coefficient (Wildman–Crippen LogP) is 0.543. The van der Waals surface area contributed by atoms with E-state index < -0.39 is 0 Å². The molecule has 0 spiro atoms. The van der Waals surface area contributed by atoms with Crippen LogP contribution in [0.5, 0.6) is 0 Å². The van der Waals surface area contributed by atoms with Crippen molar-refractivity contribution in [2.75, 3.05) is 0 Å². The number of nitrogen functional groups attached to an aromatic ring is 1. The van der Waals surface area contributed by atoms with Crippen molar-refractivity contribution < 1.29 is 4.79 Å². The molecule has 0 atom stereocenters. The number of carbonyl (C=O) groups excluding carboxylic acids is 1. The van der Waals surface area contributed by atoms with E-state index in [-0.39, 0.29) is 5.91 Å². The third-order valence-corrected chi connectivity index (χ3v) is 1.90. The van der Waals surface area contributed by atoms with Crippen molar-refractivity contribution in [2.45, 2.75) is 0 Å². The number of fused-ring (bicyclic) bond motifs is 1. The van der Waals surface area contributed by atoms with Crippen LogP contribution in [0.4, 0.5) is 0 Å². The smallest absolute Gasteiger partial charge is 0.266 e. The van der Waals surface area contributed by atoms with Crippen molar-refractivity contribution in [3.05, 3.63) is 42.2 Å². The fourth-order valence-corrected chi connectivity index (χ4v) is 1.26. The summed E-state index contributed by atoms with van der Waals surface area (Å²) in [5.41, 5.74) is 3.63. The average Bonchev–Trinajstić information content (AvgIpc) is 2.59. The number of amides is 1. The van der Waals surface area contributed by atoms with E-state index in [0.717, 1.165) is 5.52 Å². The molecule has 0 aliphatic heterocycles. The van der Waals surface area contributed by atoms with Crippen LogP contribution in [0.3, 0.4) is 0 Å².